The van der Waals surface area contributed by atoms with Crippen molar-refractivity contribution in [3.05, 3.63) is 69.6 Å². The molecule has 3 aromatic carbocycles. The first-order chi connectivity index (χ1) is 14.0. The number of phenols is 1. The summed E-state index contributed by atoms with van der Waals surface area (Å²) < 4.78 is 12.7. The third kappa shape index (κ3) is 4.60. The summed E-state index contributed by atoms with van der Waals surface area (Å²) in [5.74, 6) is 0.890. The molecular formula is C21H14Br2N2O4. The lowest BCUT2D eigenvalue weighted by atomic mass is 10.2. The Hall–Kier alpha value is -2.84. The first-order valence-electron chi connectivity index (χ1n) is 8.55. The lowest BCUT2D eigenvalue weighted by Crippen LogP contribution is -2.20. The van der Waals surface area contributed by atoms with Crippen molar-refractivity contribution in [2.75, 3.05) is 11.9 Å². The Morgan fingerprint density at radius 2 is 1.86 bits per heavy atom. The molecule has 4 aromatic rings. The number of carbonyl (C=O) groups excluding carboxylic acids is 1. The van der Waals surface area contributed by atoms with Gasteiger partial charge in [0.1, 0.15) is 17.0 Å². The second-order valence-electron chi connectivity index (χ2n) is 6.16. The van der Waals surface area contributed by atoms with Crippen LogP contribution >= 0.6 is 31.9 Å². The van der Waals surface area contributed by atoms with Gasteiger partial charge in [0.25, 0.3) is 5.91 Å². The summed E-state index contributed by atoms with van der Waals surface area (Å²) in [5.41, 5.74) is 2.51. The number of nitrogens with zero attached hydrogens (tertiary/aromatic N) is 1. The van der Waals surface area contributed by atoms with Crippen LogP contribution in [0.3, 0.4) is 0 Å². The zero-order chi connectivity index (χ0) is 20.4. The van der Waals surface area contributed by atoms with Gasteiger partial charge in [-0.05, 0) is 76.6 Å². The number of halogens is 2. The van der Waals surface area contributed by atoms with E-state index in [4.69, 9.17) is 9.15 Å². The quantitative estimate of drug-likeness (QED) is 0.352. The van der Waals surface area contributed by atoms with Crippen LogP contribution in [0.15, 0.2) is 74.0 Å². The highest BCUT2D eigenvalue weighted by molar-refractivity contribution is 9.10. The smallest absolute Gasteiger partial charge is 0.262 e. The number of oxazole rings is 1. The molecule has 0 bridgehead atoms. The van der Waals surface area contributed by atoms with Crippen LogP contribution in [0.2, 0.25) is 0 Å². The lowest BCUT2D eigenvalue weighted by molar-refractivity contribution is -0.118. The Morgan fingerprint density at radius 1 is 1.07 bits per heavy atom. The van der Waals surface area contributed by atoms with Crippen LogP contribution in [-0.4, -0.2) is 22.6 Å². The summed E-state index contributed by atoms with van der Waals surface area (Å²) in [6.07, 6.45) is 0. The average molecular weight is 518 g/mol. The summed E-state index contributed by atoms with van der Waals surface area (Å²) in [6, 6.07) is 17.5. The average Bonchev–Trinajstić information content (AvgIpc) is 3.13. The van der Waals surface area contributed by atoms with Crippen molar-refractivity contribution in [1.29, 1.82) is 0 Å². The molecule has 0 aliphatic rings. The van der Waals surface area contributed by atoms with Gasteiger partial charge < -0.3 is 19.6 Å². The normalized spacial score (nSPS) is 10.8. The van der Waals surface area contributed by atoms with Crippen molar-refractivity contribution >= 4 is 54.6 Å². The van der Waals surface area contributed by atoms with E-state index in [-0.39, 0.29) is 18.3 Å². The van der Waals surface area contributed by atoms with Crippen LogP contribution in [-0.2, 0) is 4.79 Å². The van der Waals surface area contributed by atoms with Gasteiger partial charge in [-0.1, -0.05) is 15.9 Å². The molecule has 29 heavy (non-hydrogen) atoms. The van der Waals surface area contributed by atoms with Crippen molar-refractivity contribution in [2.45, 2.75) is 0 Å². The Morgan fingerprint density at radius 3 is 2.62 bits per heavy atom. The Balaban J connectivity index is 1.46. The van der Waals surface area contributed by atoms with E-state index in [1.54, 1.807) is 48.5 Å². The molecule has 0 aliphatic carbocycles. The minimum atomic E-state index is -0.279. The molecule has 0 atom stereocenters. The molecule has 0 spiro atoms. The van der Waals surface area contributed by atoms with Gasteiger partial charge in [-0.3, -0.25) is 4.79 Å². The van der Waals surface area contributed by atoms with Gasteiger partial charge in [0.15, 0.2) is 12.2 Å². The Kier molecular flexibility index (Phi) is 5.55. The summed E-state index contributed by atoms with van der Waals surface area (Å²) >= 11 is 6.63. The molecule has 0 saturated carbocycles. The van der Waals surface area contributed by atoms with E-state index >= 15 is 0 Å². The number of carbonyl (C=O) groups is 1. The number of benzene rings is 3. The third-order valence-electron chi connectivity index (χ3n) is 4.05. The number of ether oxygens (including phenoxy) is 1. The number of fused-ring (bicyclic) bond motifs is 1. The molecule has 0 fully saturated rings. The zero-order valence-electron chi connectivity index (χ0n) is 14.9. The number of nitrogens with one attached hydrogen (secondary N) is 1. The molecule has 4 rings (SSSR count). The Labute approximate surface area is 182 Å². The minimum Gasteiger partial charge on any atom is -0.507 e. The van der Waals surface area contributed by atoms with Crippen LogP contribution in [0.5, 0.6) is 11.5 Å². The van der Waals surface area contributed by atoms with E-state index < -0.39 is 0 Å². The monoisotopic (exact) mass is 516 g/mol. The zero-order valence-corrected chi connectivity index (χ0v) is 18.0. The number of amides is 1. The molecule has 146 valence electrons. The predicted octanol–water partition coefficient (Wildman–Crippen LogP) is 5.74. The fourth-order valence-corrected chi connectivity index (χ4v) is 3.29. The van der Waals surface area contributed by atoms with Gasteiger partial charge >= 0.3 is 0 Å². The summed E-state index contributed by atoms with van der Waals surface area (Å²) in [6.45, 7) is -0.106. The van der Waals surface area contributed by atoms with Crippen LogP contribution in [0.4, 0.5) is 5.69 Å². The predicted molar refractivity (Wildman–Crippen MR) is 117 cm³/mol. The molecule has 6 nitrogen and oxygen atoms in total. The molecule has 0 aliphatic heterocycles. The van der Waals surface area contributed by atoms with Crippen molar-refractivity contribution in [3.8, 4) is 23.0 Å². The highest BCUT2D eigenvalue weighted by atomic mass is 79.9. The second kappa shape index (κ2) is 8.26. The number of hydrogen-bond acceptors (Lipinski definition) is 5. The summed E-state index contributed by atoms with van der Waals surface area (Å²) in [7, 11) is 0. The minimum absolute atomic E-state index is 0.106. The van der Waals surface area contributed by atoms with Crippen LogP contribution in [0, 0.1) is 0 Å². The van der Waals surface area contributed by atoms with Gasteiger partial charge in [0.2, 0.25) is 5.89 Å². The topological polar surface area (TPSA) is 84.6 Å². The molecule has 2 N–H and O–H groups in total. The fraction of sp³-hybridized carbons (Fsp3) is 0.0476. The maximum absolute atomic E-state index is 12.2. The van der Waals surface area contributed by atoms with Gasteiger partial charge in [-0.2, -0.15) is 0 Å². The lowest BCUT2D eigenvalue weighted by Gasteiger charge is -2.07. The first-order valence-corrected chi connectivity index (χ1v) is 10.1. The van der Waals surface area contributed by atoms with Crippen molar-refractivity contribution in [3.63, 3.8) is 0 Å². The SMILES string of the molecule is O=C(COc1ccc(Br)cc1)Nc1ccc2oc(-c3ccc(O)c(Br)c3)nc2c1. The van der Waals surface area contributed by atoms with E-state index in [9.17, 15) is 9.90 Å². The van der Waals surface area contributed by atoms with Gasteiger partial charge in [-0.15, -0.1) is 0 Å². The van der Waals surface area contributed by atoms with E-state index in [2.05, 4.69) is 42.2 Å². The summed E-state index contributed by atoms with van der Waals surface area (Å²) in [4.78, 5) is 16.6. The standard InChI is InChI=1S/C21H14Br2N2O4/c22-13-2-5-15(6-3-13)28-11-20(27)24-14-4-8-19-17(10-14)25-21(29-19)12-1-7-18(26)16(23)9-12/h1-10,26H,11H2,(H,24,27). The number of phenolic OH excluding ortho intramolecular Hbond substituents is 1. The number of hydrogen-bond donors (Lipinski definition) is 2. The maximum Gasteiger partial charge on any atom is 0.262 e. The molecule has 8 heteroatoms. The van der Waals surface area contributed by atoms with E-state index in [0.29, 0.717) is 32.9 Å². The molecule has 1 aromatic heterocycles. The summed E-state index contributed by atoms with van der Waals surface area (Å²) in [5, 5.41) is 12.4. The van der Waals surface area contributed by atoms with E-state index in [1.165, 1.54) is 0 Å². The van der Waals surface area contributed by atoms with Gasteiger partial charge in [-0.25, -0.2) is 4.98 Å². The number of aromatic hydroxyl groups is 1. The van der Waals surface area contributed by atoms with Crippen LogP contribution in [0.1, 0.15) is 0 Å². The van der Waals surface area contributed by atoms with E-state index in [1.807, 2.05) is 12.1 Å². The molecule has 0 radical (unpaired) electrons. The second-order valence-corrected chi connectivity index (χ2v) is 7.93. The number of aromatic nitrogens is 1. The highest BCUT2D eigenvalue weighted by Crippen LogP contribution is 2.31. The van der Waals surface area contributed by atoms with Gasteiger partial charge in [0.05, 0.1) is 4.47 Å². The molecule has 0 saturated heterocycles. The number of rotatable bonds is 5. The Bertz CT molecular complexity index is 1190. The molecule has 1 amide bonds. The fourth-order valence-electron chi connectivity index (χ4n) is 2.65. The van der Waals surface area contributed by atoms with Crippen molar-refractivity contribution < 1.29 is 19.1 Å². The molecule has 0 unspecified atom stereocenters. The van der Waals surface area contributed by atoms with Crippen LogP contribution in [0.25, 0.3) is 22.6 Å². The maximum atomic E-state index is 12.2. The molecule has 1 heterocycles. The van der Waals surface area contributed by atoms with E-state index in [0.717, 1.165) is 10.0 Å². The largest absolute Gasteiger partial charge is 0.507 e. The molecular weight excluding hydrogens is 504 g/mol. The van der Waals surface area contributed by atoms with Crippen molar-refractivity contribution in [1.82, 2.24) is 4.98 Å². The third-order valence-corrected chi connectivity index (χ3v) is 5.21. The number of anilines is 1. The first kappa shape index (κ1) is 19.5. The van der Waals surface area contributed by atoms with Crippen molar-refractivity contribution in [2.24, 2.45) is 0 Å². The van der Waals surface area contributed by atoms with Crippen LogP contribution < -0.4 is 10.1 Å². The highest BCUT2D eigenvalue weighted by Gasteiger charge is 2.12. The van der Waals surface area contributed by atoms with Gasteiger partial charge in [0, 0.05) is 15.7 Å².